The molecule has 0 aliphatic carbocycles. The quantitative estimate of drug-likeness (QED) is 0.397. The molecule has 0 unspecified atom stereocenters. The van der Waals surface area contributed by atoms with E-state index in [0.717, 1.165) is 33.6 Å². The zero-order valence-electron chi connectivity index (χ0n) is 20.7. The number of methoxy groups -OCH3 is 2. The van der Waals surface area contributed by atoms with Gasteiger partial charge in [0.1, 0.15) is 16.9 Å². The minimum Gasteiger partial charge on any atom is -0.494 e. The van der Waals surface area contributed by atoms with Gasteiger partial charge in [-0.1, -0.05) is 12.1 Å². The molecule has 0 spiro atoms. The Morgan fingerprint density at radius 2 is 1.80 bits per heavy atom. The molecule has 2 aromatic carbocycles. The number of amides is 1. The molecule has 0 fully saturated rings. The molecule has 0 saturated carbocycles. The number of hydrogen-bond donors (Lipinski definition) is 0. The second kappa shape index (κ2) is 8.04. The number of carbonyl (C=O) groups excluding carboxylic acids is 2. The number of fused-ring (bicyclic) bond motifs is 1. The standard InChI is InChI=1S/C26H28N4O5/c1-26(2,3)35-25(32)30-11-10-29-19(13-15-8-7-9-18(30)21(15)29)23-27-17-12-16(24(31)34-6)14-20(33-5)22(17)28(23)4/h7-9,12-14H,10-11H2,1-6H3. The Kier molecular flexibility index (Phi) is 5.23. The van der Waals surface area contributed by atoms with Crippen LogP contribution in [0.2, 0.25) is 0 Å². The molecule has 0 saturated heterocycles. The van der Waals surface area contributed by atoms with Crippen molar-refractivity contribution in [2.45, 2.75) is 32.9 Å². The lowest BCUT2D eigenvalue weighted by atomic mass is 10.2. The number of nitrogens with zero attached hydrogens (tertiary/aromatic N) is 4. The minimum absolute atomic E-state index is 0.359. The molecule has 35 heavy (non-hydrogen) atoms. The molecule has 0 radical (unpaired) electrons. The van der Waals surface area contributed by atoms with Gasteiger partial charge in [-0.25, -0.2) is 14.6 Å². The number of rotatable bonds is 3. The first-order chi connectivity index (χ1) is 16.6. The molecule has 1 aliphatic heterocycles. The maximum atomic E-state index is 12.9. The average molecular weight is 477 g/mol. The van der Waals surface area contributed by atoms with E-state index in [1.807, 2.05) is 50.6 Å². The molecule has 1 amide bonds. The number of carbonyl (C=O) groups is 2. The van der Waals surface area contributed by atoms with Gasteiger partial charge in [0.05, 0.1) is 42.2 Å². The lowest BCUT2D eigenvalue weighted by molar-refractivity contribution is 0.0574. The summed E-state index contributed by atoms with van der Waals surface area (Å²) in [5, 5.41) is 1.00. The molecule has 0 atom stereocenters. The van der Waals surface area contributed by atoms with Gasteiger partial charge in [-0.3, -0.25) is 4.90 Å². The summed E-state index contributed by atoms with van der Waals surface area (Å²) in [6.45, 7) is 6.65. The van der Waals surface area contributed by atoms with Gasteiger partial charge in [-0.2, -0.15) is 0 Å². The highest BCUT2D eigenvalue weighted by Gasteiger charge is 2.30. The van der Waals surface area contributed by atoms with Gasteiger partial charge in [0.2, 0.25) is 0 Å². The Labute approximate surface area is 202 Å². The van der Waals surface area contributed by atoms with Crippen molar-refractivity contribution >= 4 is 39.7 Å². The van der Waals surface area contributed by atoms with E-state index < -0.39 is 11.6 Å². The molecule has 9 nitrogen and oxygen atoms in total. The topological polar surface area (TPSA) is 87.8 Å². The summed E-state index contributed by atoms with van der Waals surface area (Å²) in [5.74, 6) is 0.816. The monoisotopic (exact) mass is 476 g/mol. The van der Waals surface area contributed by atoms with Gasteiger partial charge in [0.25, 0.3) is 0 Å². The van der Waals surface area contributed by atoms with E-state index in [9.17, 15) is 9.59 Å². The number of imidazole rings is 1. The third-order valence-electron chi connectivity index (χ3n) is 6.16. The van der Waals surface area contributed by atoms with Crippen molar-refractivity contribution < 1.29 is 23.8 Å². The fourth-order valence-corrected chi connectivity index (χ4v) is 4.70. The number of aryl methyl sites for hydroxylation is 1. The van der Waals surface area contributed by atoms with E-state index in [2.05, 4.69) is 10.6 Å². The number of benzene rings is 2. The number of para-hydroxylation sites is 1. The molecule has 5 rings (SSSR count). The summed E-state index contributed by atoms with van der Waals surface area (Å²) in [6.07, 6.45) is -0.359. The van der Waals surface area contributed by atoms with Crippen molar-refractivity contribution in [3.8, 4) is 17.3 Å². The lowest BCUT2D eigenvalue weighted by Gasteiger charge is -2.31. The first kappa shape index (κ1) is 22.8. The highest BCUT2D eigenvalue weighted by molar-refractivity contribution is 6.03. The highest BCUT2D eigenvalue weighted by Crippen LogP contribution is 2.39. The summed E-state index contributed by atoms with van der Waals surface area (Å²) in [7, 11) is 4.83. The highest BCUT2D eigenvalue weighted by atomic mass is 16.6. The van der Waals surface area contributed by atoms with Crippen molar-refractivity contribution in [2.75, 3.05) is 25.7 Å². The first-order valence-electron chi connectivity index (χ1n) is 11.4. The second-order valence-corrected chi connectivity index (χ2v) is 9.56. The largest absolute Gasteiger partial charge is 0.494 e. The van der Waals surface area contributed by atoms with Crippen LogP contribution in [0.3, 0.4) is 0 Å². The molecular weight excluding hydrogens is 448 g/mol. The summed E-state index contributed by atoms with van der Waals surface area (Å²) in [5.41, 5.74) is 3.87. The lowest BCUT2D eigenvalue weighted by Crippen LogP contribution is -2.40. The van der Waals surface area contributed by atoms with Crippen LogP contribution in [0.1, 0.15) is 31.1 Å². The summed E-state index contributed by atoms with van der Waals surface area (Å²) in [4.78, 5) is 31.7. The number of anilines is 1. The van der Waals surface area contributed by atoms with Crippen molar-refractivity contribution in [1.29, 1.82) is 0 Å². The molecule has 4 aromatic rings. The molecule has 182 valence electrons. The van der Waals surface area contributed by atoms with Gasteiger partial charge >= 0.3 is 12.1 Å². The second-order valence-electron chi connectivity index (χ2n) is 9.56. The van der Waals surface area contributed by atoms with E-state index in [0.29, 0.717) is 29.9 Å². The number of hydrogen-bond acceptors (Lipinski definition) is 6. The van der Waals surface area contributed by atoms with Crippen molar-refractivity contribution in [3.05, 3.63) is 42.0 Å². The van der Waals surface area contributed by atoms with Gasteiger partial charge in [0.15, 0.2) is 5.82 Å². The molecule has 0 N–H and O–H groups in total. The van der Waals surface area contributed by atoms with Crippen LogP contribution < -0.4 is 9.64 Å². The van der Waals surface area contributed by atoms with Crippen LogP contribution in [0, 0.1) is 0 Å². The van der Waals surface area contributed by atoms with Gasteiger partial charge in [-0.05, 0) is 45.0 Å². The number of esters is 1. The molecule has 1 aliphatic rings. The van der Waals surface area contributed by atoms with Gasteiger partial charge < -0.3 is 23.3 Å². The minimum atomic E-state index is -0.579. The Morgan fingerprint density at radius 1 is 1.03 bits per heavy atom. The van der Waals surface area contributed by atoms with Crippen LogP contribution in [-0.2, 0) is 23.1 Å². The van der Waals surface area contributed by atoms with Crippen molar-refractivity contribution in [1.82, 2.24) is 14.1 Å². The average Bonchev–Trinajstić information content (AvgIpc) is 3.35. The molecule has 0 bridgehead atoms. The first-order valence-corrected chi connectivity index (χ1v) is 11.4. The van der Waals surface area contributed by atoms with E-state index in [-0.39, 0.29) is 6.09 Å². The maximum Gasteiger partial charge on any atom is 0.414 e. The van der Waals surface area contributed by atoms with Gasteiger partial charge in [0, 0.05) is 25.5 Å². The SMILES string of the molecule is COC(=O)c1cc(OC)c2c(c1)nc(-c1cc3cccc4c3n1CCN4C(=O)OC(C)(C)C)n2C. The van der Waals surface area contributed by atoms with E-state index in [1.54, 1.807) is 24.1 Å². The fourth-order valence-electron chi connectivity index (χ4n) is 4.70. The zero-order valence-corrected chi connectivity index (χ0v) is 20.7. The molecule has 3 heterocycles. The van der Waals surface area contributed by atoms with Crippen molar-refractivity contribution in [2.24, 2.45) is 7.05 Å². The molecule has 2 aromatic heterocycles. The van der Waals surface area contributed by atoms with Crippen LogP contribution >= 0.6 is 0 Å². The molecule has 9 heteroatoms. The third-order valence-corrected chi connectivity index (χ3v) is 6.16. The maximum absolute atomic E-state index is 12.9. The fraction of sp³-hybridized carbons (Fsp3) is 0.346. The van der Waals surface area contributed by atoms with E-state index in [1.165, 1.54) is 7.11 Å². The van der Waals surface area contributed by atoms with Crippen LogP contribution in [0.4, 0.5) is 10.5 Å². The Morgan fingerprint density at radius 3 is 2.49 bits per heavy atom. The smallest absolute Gasteiger partial charge is 0.414 e. The number of ether oxygens (including phenoxy) is 3. The van der Waals surface area contributed by atoms with E-state index in [4.69, 9.17) is 19.2 Å². The van der Waals surface area contributed by atoms with Crippen LogP contribution in [0.25, 0.3) is 33.5 Å². The normalized spacial score (nSPS) is 13.4. The number of aromatic nitrogens is 3. The van der Waals surface area contributed by atoms with Crippen molar-refractivity contribution in [3.63, 3.8) is 0 Å². The molecular formula is C26H28N4O5. The van der Waals surface area contributed by atoms with E-state index >= 15 is 0 Å². The van der Waals surface area contributed by atoms with Crippen LogP contribution in [0.5, 0.6) is 5.75 Å². The van der Waals surface area contributed by atoms with Crippen LogP contribution in [0.15, 0.2) is 36.4 Å². The summed E-state index contributed by atoms with van der Waals surface area (Å²) in [6, 6.07) is 11.3. The van der Waals surface area contributed by atoms with Gasteiger partial charge in [-0.15, -0.1) is 0 Å². The Balaban J connectivity index is 1.67. The summed E-state index contributed by atoms with van der Waals surface area (Å²) < 4.78 is 20.3. The predicted octanol–water partition coefficient (Wildman–Crippen LogP) is 4.75. The summed E-state index contributed by atoms with van der Waals surface area (Å²) >= 11 is 0. The Bertz CT molecular complexity index is 1490. The van der Waals surface area contributed by atoms with Crippen LogP contribution in [-0.4, -0.2) is 52.5 Å². The Hall–Kier alpha value is -4.01. The zero-order chi connectivity index (χ0) is 25.1. The predicted molar refractivity (Wildman–Crippen MR) is 133 cm³/mol. The third kappa shape index (κ3) is 3.67.